The molecule has 0 aliphatic carbocycles. The zero-order chi connectivity index (χ0) is 18.8. The average Bonchev–Trinajstić information content (AvgIpc) is 2.55. The molecule has 2 aromatic rings. The van der Waals surface area contributed by atoms with Crippen LogP contribution in [0.15, 0.2) is 18.3 Å². The molecule has 118 valence electrons. The van der Waals surface area contributed by atoms with Crippen molar-refractivity contribution in [1.29, 1.82) is 5.41 Å². The van der Waals surface area contributed by atoms with Crippen LogP contribution in [0.3, 0.4) is 0 Å². The second-order valence-electron chi connectivity index (χ2n) is 4.41. The smallest absolute Gasteiger partial charge is 0.257 e. The summed E-state index contributed by atoms with van der Waals surface area (Å²) in [5.41, 5.74) is 6.50. The maximum absolute atomic E-state index is 9.65. The molecule has 22 heavy (non-hydrogen) atoms. The number of methoxy groups -OCH3 is 3. The molecule has 4 N–H and O–H groups in total. The molecular weight excluding hydrogens is 288 g/mol. The molecule has 0 spiro atoms. The van der Waals surface area contributed by atoms with Gasteiger partial charge in [0.2, 0.25) is 5.75 Å². The summed E-state index contributed by atoms with van der Waals surface area (Å²) in [6.07, 6.45) is 1.61. The first kappa shape index (κ1) is 11.7. The highest BCUT2D eigenvalue weighted by Crippen LogP contribution is 2.38. The lowest BCUT2D eigenvalue weighted by Gasteiger charge is -2.14. The number of rotatable bonds is 5. The lowest BCUT2D eigenvalue weighted by molar-refractivity contribution is 0.171. The Bertz CT molecular complexity index is 811. The van der Waals surface area contributed by atoms with Crippen molar-refractivity contribution in [2.45, 2.75) is 6.42 Å². The van der Waals surface area contributed by atoms with Gasteiger partial charge in [0.1, 0.15) is 5.82 Å². The molecule has 0 radical (unpaired) electrons. The van der Waals surface area contributed by atoms with Gasteiger partial charge in [0, 0.05) is 18.2 Å². The molecule has 0 fully saturated rings. The molecule has 8 nitrogen and oxygen atoms in total. The second-order valence-corrected chi connectivity index (χ2v) is 4.41. The van der Waals surface area contributed by atoms with E-state index in [-0.39, 0.29) is 29.5 Å². The summed E-state index contributed by atoms with van der Waals surface area (Å²) < 4.78 is 37.6. The van der Waals surface area contributed by atoms with Gasteiger partial charge in [-0.1, -0.05) is 0 Å². The summed E-state index contributed by atoms with van der Waals surface area (Å²) in [7, 11) is 0.0810. The second kappa shape index (κ2) is 6.25. The Kier molecular flexibility index (Phi) is 3.33. The van der Waals surface area contributed by atoms with Gasteiger partial charge in [0.15, 0.2) is 11.5 Å². The van der Waals surface area contributed by atoms with E-state index in [0.29, 0.717) is 15.9 Å². The van der Waals surface area contributed by atoms with Crippen LogP contribution in [0, 0.1) is 5.41 Å². The number of nitrogens with two attached hydrogens (primary N) is 1. The fraction of sp³-hybridized carbons (Fsp3) is 0.286. The van der Waals surface area contributed by atoms with E-state index in [4.69, 9.17) is 29.5 Å². The molecule has 1 heterocycles. The molecule has 0 aliphatic heterocycles. The number of aromatic nitrogens is 2. The summed E-state index contributed by atoms with van der Waals surface area (Å²) in [6, 6.07) is 3.14. The minimum atomic E-state index is -2.66. The van der Waals surface area contributed by atoms with Crippen LogP contribution in [0.4, 0.5) is 5.82 Å². The van der Waals surface area contributed by atoms with Gasteiger partial charge in [-0.2, -0.15) is 0 Å². The van der Waals surface area contributed by atoms with Crippen LogP contribution in [-0.2, 0) is 6.42 Å². The zero-order valence-corrected chi connectivity index (χ0v) is 12.1. The predicted octanol–water partition coefficient (Wildman–Crippen LogP) is 0.799. The lowest BCUT2D eigenvalue weighted by atomic mass is 10.1. The largest absolute Gasteiger partial charge is 0.493 e. The van der Waals surface area contributed by atoms with Gasteiger partial charge in [0.05, 0.1) is 25.4 Å². The molecule has 0 atom stereocenters. The van der Waals surface area contributed by atoms with Crippen molar-refractivity contribution in [2.75, 3.05) is 27.0 Å². The van der Waals surface area contributed by atoms with Gasteiger partial charge >= 0.3 is 0 Å². The summed E-state index contributed by atoms with van der Waals surface area (Å²) in [5.74, 6) is 0.274. The molecule has 0 saturated carbocycles. The van der Waals surface area contributed by atoms with Crippen molar-refractivity contribution in [2.24, 2.45) is 0 Å². The van der Waals surface area contributed by atoms with Crippen molar-refractivity contribution in [1.82, 2.24) is 9.71 Å². The van der Waals surface area contributed by atoms with E-state index in [1.807, 2.05) is 0 Å². The van der Waals surface area contributed by atoms with Crippen molar-refractivity contribution in [3.8, 4) is 17.2 Å². The molecular formula is C14H18N4O4. The third-order valence-electron chi connectivity index (χ3n) is 3.12. The number of benzene rings is 1. The van der Waals surface area contributed by atoms with Crippen molar-refractivity contribution >= 4 is 5.82 Å². The maximum atomic E-state index is 9.65. The molecule has 0 aliphatic rings. The standard InChI is InChI=1S/C14H18N4O4/c1-20-10-5-8(6-11(21-2)12(10)22-3)4-9-7-17-14(16)18(19)13(9)15/h5-7,16,19H,4,15H2,1-3H3/i3D3. The summed E-state index contributed by atoms with van der Waals surface area (Å²) in [6.45, 7) is 0. The Hall–Kier alpha value is -2.90. The molecule has 0 amide bonds. The van der Waals surface area contributed by atoms with Gasteiger partial charge < -0.3 is 25.2 Å². The number of hydrogen-bond donors (Lipinski definition) is 3. The Morgan fingerprint density at radius 2 is 1.95 bits per heavy atom. The number of nitrogens with one attached hydrogen (secondary N) is 1. The molecule has 1 aromatic heterocycles. The Labute approximate surface area is 131 Å². The summed E-state index contributed by atoms with van der Waals surface area (Å²) in [4.78, 5) is 3.72. The van der Waals surface area contributed by atoms with E-state index in [9.17, 15) is 5.21 Å². The highest BCUT2D eigenvalue weighted by molar-refractivity contribution is 5.55. The molecule has 0 saturated heterocycles. The van der Waals surface area contributed by atoms with E-state index in [2.05, 4.69) is 4.98 Å². The van der Waals surface area contributed by atoms with Crippen LogP contribution < -0.4 is 25.6 Å². The number of anilines is 1. The maximum Gasteiger partial charge on any atom is 0.257 e. The van der Waals surface area contributed by atoms with Gasteiger partial charge in [-0.3, -0.25) is 5.41 Å². The van der Waals surface area contributed by atoms with E-state index < -0.39 is 12.7 Å². The zero-order valence-electron chi connectivity index (χ0n) is 15.1. The highest BCUT2D eigenvalue weighted by atomic mass is 16.5. The van der Waals surface area contributed by atoms with Crippen LogP contribution in [-0.4, -0.2) is 36.2 Å². The van der Waals surface area contributed by atoms with Gasteiger partial charge in [-0.15, -0.1) is 4.73 Å². The van der Waals surface area contributed by atoms with E-state index >= 15 is 0 Å². The van der Waals surface area contributed by atoms with Crippen LogP contribution in [0.5, 0.6) is 17.2 Å². The first-order valence-electron chi connectivity index (χ1n) is 7.70. The predicted molar refractivity (Wildman–Crippen MR) is 78.6 cm³/mol. The first-order valence-corrected chi connectivity index (χ1v) is 6.20. The molecule has 1 aromatic carbocycles. The van der Waals surface area contributed by atoms with Crippen LogP contribution in [0.2, 0.25) is 0 Å². The quantitative estimate of drug-likeness (QED) is 0.704. The molecule has 0 unspecified atom stereocenters. The molecule has 0 bridgehead atoms. The van der Waals surface area contributed by atoms with Crippen molar-refractivity contribution in [3.05, 3.63) is 35.1 Å². The topological polar surface area (TPSA) is 116 Å². The van der Waals surface area contributed by atoms with E-state index in [1.54, 1.807) is 12.1 Å². The fourth-order valence-corrected chi connectivity index (χ4v) is 2.00. The van der Waals surface area contributed by atoms with Crippen LogP contribution >= 0.6 is 0 Å². The fourth-order valence-electron chi connectivity index (χ4n) is 2.00. The number of nitrogen functional groups attached to an aromatic ring is 1. The average molecular weight is 309 g/mol. The SMILES string of the molecule is [2H]C([2H])([2H])Oc1c(OC)cc(Cc2cnc(=N)n(O)c2N)cc1OC. The summed E-state index contributed by atoms with van der Waals surface area (Å²) in [5, 5.41) is 17.0. The number of ether oxygens (including phenoxy) is 3. The highest BCUT2D eigenvalue weighted by Gasteiger charge is 2.15. The van der Waals surface area contributed by atoms with Gasteiger partial charge in [-0.25, -0.2) is 4.98 Å². The van der Waals surface area contributed by atoms with Gasteiger partial charge in [0.25, 0.3) is 5.62 Å². The Balaban J connectivity index is 2.47. The number of hydrogen-bond acceptors (Lipinski definition) is 7. The normalized spacial score (nSPS) is 12.9. The third-order valence-corrected chi connectivity index (χ3v) is 3.12. The molecule has 8 heteroatoms. The number of nitrogens with zero attached hydrogens (tertiary/aromatic N) is 2. The molecule has 2 rings (SSSR count). The monoisotopic (exact) mass is 309 g/mol. The van der Waals surface area contributed by atoms with E-state index in [0.717, 1.165) is 0 Å². The minimum absolute atomic E-state index is 0.0271. The Morgan fingerprint density at radius 1 is 1.32 bits per heavy atom. The van der Waals surface area contributed by atoms with Gasteiger partial charge in [-0.05, 0) is 17.7 Å². The minimum Gasteiger partial charge on any atom is -0.493 e. The third kappa shape index (κ3) is 2.76. The van der Waals surface area contributed by atoms with Crippen molar-refractivity contribution < 1.29 is 23.5 Å². The first-order chi connectivity index (χ1) is 11.7. The summed E-state index contributed by atoms with van der Waals surface area (Å²) >= 11 is 0. The lowest BCUT2D eigenvalue weighted by Crippen LogP contribution is -2.24. The van der Waals surface area contributed by atoms with Crippen molar-refractivity contribution in [3.63, 3.8) is 0 Å². The van der Waals surface area contributed by atoms with Crippen LogP contribution in [0.1, 0.15) is 15.2 Å². The van der Waals surface area contributed by atoms with Crippen LogP contribution in [0.25, 0.3) is 0 Å². The van der Waals surface area contributed by atoms with E-state index in [1.165, 1.54) is 20.4 Å². The Morgan fingerprint density at radius 3 is 2.50 bits per heavy atom.